The van der Waals surface area contributed by atoms with Crippen molar-refractivity contribution < 1.29 is 4.42 Å². The number of anilines is 5. The highest BCUT2D eigenvalue weighted by Crippen LogP contribution is 2.52. The van der Waals surface area contributed by atoms with Gasteiger partial charge in [0, 0.05) is 44.7 Å². The van der Waals surface area contributed by atoms with Gasteiger partial charge in [-0.15, -0.1) is 0 Å². The maximum atomic E-state index is 7.60. The molecule has 2 aliphatic heterocycles. The molecule has 1 unspecified atom stereocenters. The molecule has 0 fully saturated rings. The topological polar surface area (TPSA) is 19.6 Å². The highest BCUT2D eigenvalue weighted by Gasteiger charge is 2.49. The minimum atomic E-state index is -0.151. The maximum absolute atomic E-state index is 7.60. The van der Waals surface area contributed by atoms with Gasteiger partial charge in [-0.25, -0.2) is 0 Å². The average Bonchev–Trinajstić information content (AvgIpc) is 3.67. The monoisotopic (exact) mass is 885 g/mol. The fourth-order valence-electron chi connectivity index (χ4n) is 12.0. The summed E-state index contributed by atoms with van der Waals surface area (Å²) in [4.78, 5) is 5.17. The molecule has 1 aromatic heterocycles. The molecule has 0 saturated heterocycles. The number of aryl methyl sites for hydroxylation is 1. The Bertz CT molecular complexity index is 3020. The summed E-state index contributed by atoms with van der Waals surface area (Å²) in [6, 6.07) is 26.7. The van der Waals surface area contributed by atoms with Crippen molar-refractivity contribution >= 4 is 62.7 Å². The number of fused-ring (bicyclic) bond motifs is 7. The van der Waals surface area contributed by atoms with E-state index in [1.165, 1.54) is 83.7 Å². The van der Waals surface area contributed by atoms with Crippen LogP contribution < -0.4 is 26.4 Å². The largest absolute Gasteiger partial charge is 0.468 e. The number of benzene rings is 4. The average molecular weight is 885 g/mol. The lowest BCUT2D eigenvalue weighted by molar-refractivity contribution is 0.293. The maximum Gasteiger partial charge on any atom is 0.297 e. The zero-order valence-corrected chi connectivity index (χ0v) is 43.0. The molecule has 0 amide bonds. The fourth-order valence-corrected chi connectivity index (χ4v) is 12.0. The first-order valence-electron chi connectivity index (χ1n) is 25.3. The van der Waals surface area contributed by atoms with Gasteiger partial charge in [-0.1, -0.05) is 160 Å². The first-order valence-corrected chi connectivity index (χ1v) is 25.3. The molecule has 4 heteroatoms. The number of nitrogens with zero attached hydrogens (tertiary/aromatic N) is 2. The number of hydrogen-bond acceptors (Lipinski definition) is 3. The van der Waals surface area contributed by atoms with Crippen LogP contribution in [0.25, 0.3) is 11.0 Å². The highest BCUT2D eigenvalue weighted by atomic mass is 16.3. The van der Waals surface area contributed by atoms with Crippen molar-refractivity contribution in [2.45, 2.75) is 151 Å². The summed E-state index contributed by atoms with van der Waals surface area (Å²) in [5.41, 5.74) is 21.6. The third-order valence-corrected chi connectivity index (χ3v) is 17.1. The quantitative estimate of drug-likeness (QED) is 0.118. The third-order valence-electron chi connectivity index (χ3n) is 17.1. The van der Waals surface area contributed by atoms with E-state index in [-0.39, 0.29) is 33.8 Å². The van der Waals surface area contributed by atoms with E-state index in [0.29, 0.717) is 5.92 Å². The van der Waals surface area contributed by atoms with Crippen LogP contribution in [-0.2, 0) is 21.7 Å². The van der Waals surface area contributed by atoms with E-state index < -0.39 is 0 Å². The first-order chi connectivity index (χ1) is 31.6. The molecule has 3 nitrogen and oxygen atoms in total. The molecule has 3 aliphatic carbocycles. The zero-order chi connectivity index (χ0) is 47.6. The van der Waals surface area contributed by atoms with Gasteiger partial charge in [0.05, 0.1) is 11.3 Å². The van der Waals surface area contributed by atoms with Crippen molar-refractivity contribution in [3.63, 3.8) is 0 Å². The molecule has 344 valence electrons. The normalized spacial score (nSPS) is 19.9. The summed E-state index contributed by atoms with van der Waals surface area (Å²) < 4.78 is 7.60. The summed E-state index contributed by atoms with van der Waals surface area (Å²) >= 11 is 0. The molecular formula is C63H73BN2O. The van der Waals surface area contributed by atoms with E-state index in [1.807, 2.05) is 0 Å². The van der Waals surface area contributed by atoms with Gasteiger partial charge in [-0.05, 0) is 162 Å². The molecule has 67 heavy (non-hydrogen) atoms. The van der Waals surface area contributed by atoms with Gasteiger partial charge in [0.15, 0.2) is 0 Å². The Morgan fingerprint density at radius 1 is 0.806 bits per heavy atom. The van der Waals surface area contributed by atoms with Crippen LogP contribution in [0.2, 0.25) is 0 Å². The SMILES string of the molecule is C/C=C\C=C(/C)C(C)(C)c1ccc(N2c3ccc(C(C)(C)C4=CC=CCC4)cc3B3c4oc5cc6c(cc5c4N(C4=CCC(C(C)(C)C)C=C4)c4cc(C)cc2c43)C(C)(C)CCC6(C)C)cc1. The molecule has 0 saturated carbocycles. The van der Waals surface area contributed by atoms with E-state index in [9.17, 15) is 0 Å². The van der Waals surface area contributed by atoms with Crippen LogP contribution in [0.15, 0.2) is 143 Å². The lowest BCUT2D eigenvalue weighted by atomic mass is 9.35. The second-order valence-corrected chi connectivity index (χ2v) is 24.1. The van der Waals surface area contributed by atoms with Crippen molar-refractivity contribution in [2.75, 3.05) is 9.80 Å². The predicted molar refractivity (Wildman–Crippen MR) is 290 cm³/mol. The minimum Gasteiger partial charge on any atom is -0.468 e. The molecule has 5 aromatic rings. The van der Waals surface area contributed by atoms with Crippen molar-refractivity contribution in [1.29, 1.82) is 0 Å². The Morgan fingerprint density at radius 3 is 2.10 bits per heavy atom. The van der Waals surface area contributed by atoms with Crippen LogP contribution in [0.1, 0.15) is 150 Å². The number of furan rings is 1. The molecule has 4 aromatic carbocycles. The van der Waals surface area contributed by atoms with Crippen LogP contribution in [0.4, 0.5) is 28.4 Å². The number of hydrogen-bond donors (Lipinski definition) is 0. The summed E-state index contributed by atoms with van der Waals surface area (Å²) in [5.74, 6) is 0.463. The molecule has 0 bridgehead atoms. The second-order valence-electron chi connectivity index (χ2n) is 24.1. The Kier molecular flexibility index (Phi) is 10.7. The van der Waals surface area contributed by atoms with Crippen molar-refractivity contribution in [1.82, 2.24) is 0 Å². The molecule has 5 aliphatic rings. The van der Waals surface area contributed by atoms with E-state index in [1.54, 1.807) is 0 Å². The second kappa shape index (κ2) is 15.8. The summed E-state index contributed by atoms with van der Waals surface area (Å²) in [6.45, 7) is 32.9. The van der Waals surface area contributed by atoms with Crippen LogP contribution in [-0.4, -0.2) is 6.71 Å². The number of allylic oxidation sites excluding steroid dienone is 11. The van der Waals surface area contributed by atoms with E-state index in [4.69, 9.17) is 4.42 Å². The minimum absolute atomic E-state index is 0.0576. The van der Waals surface area contributed by atoms with Gasteiger partial charge < -0.3 is 14.2 Å². The fraction of sp³-hybridized carbons (Fsp3) is 0.397. The lowest BCUT2D eigenvalue weighted by Gasteiger charge is -2.44. The van der Waals surface area contributed by atoms with Crippen LogP contribution >= 0.6 is 0 Å². The summed E-state index contributed by atoms with van der Waals surface area (Å²) in [6.07, 6.45) is 26.3. The van der Waals surface area contributed by atoms with Crippen LogP contribution in [0.3, 0.4) is 0 Å². The molecule has 3 heterocycles. The highest BCUT2D eigenvalue weighted by molar-refractivity contribution is 7.00. The summed E-state index contributed by atoms with van der Waals surface area (Å²) in [7, 11) is 0. The summed E-state index contributed by atoms with van der Waals surface area (Å²) in [5, 5.41) is 1.22. The van der Waals surface area contributed by atoms with E-state index >= 15 is 0 Å². The van der Waals surface area contributed by atoms with Crippen molar-refractivity contribution in [3.8, 4) is 0 Å². The molecule has 0 N–H and O–H groups in total. The Balaban J connectivity index is 1.26. The molecule has 0 spiro atoms. The molecule has 1 atom stereocenters. The van der Waals surface area contributed by atoms with Gasteiger partial charge in [-0.3, -0.25) is 0 Å². The molecule has 0 radical (unpaired) electrons. The van der Waals surface area contributed by atoms with E-state index in [2.05, 4.69) is 228 Å². The van der Waals surface area contributed by atoms with Gasteiger partial charge in [0.1, 0.15) is 5.58 Å². The Morgan fingerprint density at radius 2 is 1.48 bits per heavy atom. The van der Waals surface area contributed by atoms with Gasteiger partial charge in [0.25, 0.3) is 6.71 Å². The van der Waals surface area contributed by atoms with Gasteiger partial charge in [0.2, 0.25) is 0 Å². The Hall–Kier alpha value is -5.48. The predicted octanol–water partition coefficient (Wildman–Crippen LogP) is 15.7. The molecular weight excluding hydrogens is 812 g/mol. The van der Waals surface area contributed by atoms with Crippen LogP contribution in [0.5, 0.6) is 0 Å². The zero-order valence-electron chi connectivity index (χ0n) is 43.0. The van der Waals surface area contributed by atoms with Crippen molar-refractivity contribution in [2.24, 2.45) is 11.3 Å². The van der Waals surface area contributed by atoms with Crippen molar-refractivity contribution in [3.05, 3.63) is 166 Å². The van der Waals surface area contributed by atoms with Crippen LogP contribution in [0, 0.1) is 18.3 Å². The van der Waals surface area contributed by atoms with Gasteiger partial charge in [-0.2, -0.15) is 0 Å². The Labute approximate surface area is 403 Å². The first kappa shape index (κ1) is 45.3. The smallest absolute Gasteiger partial charge is 0.297 e. The number of rotatable bonds is 7. The molecule has 10 rings (SSSR count). The third kappa shape index (κ3) is 7.30. The standard InChI is InChI=1S/C63H73BN2O/c1-15-16-20-41(3)62(11,12)44-25-30-46(31-26-44)65-52-32-27-45(63(13,14)43-21-18-17-19-22-43)37-51(52)64-56-53(65)35-40(2)36-54(56)66(47-28-23-42(24-29-47)59(4,5)6)57-48-38-49-50(39-55(48)67-58(57)64)61(9,10)34-33-60(49,7)8/h15-18,20-21,23,25-32,35-39,42H,19,22,24,33-34H2,1-14H3/b16-15-,41-20+. The van der Waals surface area contributed by atoms with Gasteiger partial charge >= 0.3 is 0 Å². The lowest BCUT2D eigenvalue weighted by Crippen LogP contribution is -2.61. The van der Waals surface area contributed by atoms with E-state index in [0.717, 1.165) is 49.0 Å².